The Hall–Kier alpha value is -2.32. The first kappa shape index (κ1) is 20.9. The fourth-order valence-corrected chi connectivity index (χ4v) is 5.14. The zero-order chi connectivity index (χ0) is 20.9. The molecule has 2 fully saturated rings. The van der Waals surface area contributed by atoms with E-state index in [2.05, 4.69) is 26.6 Å². The first-order chi connectivity index (χ1) is 14.7. The van der Waals surface area contributed by atoms with Gasteiger partial charge in [-0.25, -0.2) is 10.8 Å². The lowest BCUT2D eigenvalue weighted by atomic mass is 9.89. The third kappa shape index (κ3) is 4.70. The second-order valence-electron chi connectivity index (χ2n) is 8.87. The van der Waals surface area contributed by atoms with Gasteiger partial charge in [-0.3, -0.25) is 4.68 Å². The Bertz CT molecular complexity index is 821. The van der Waals surface area contributed by atoms with Crippen molar-refractivity contribution in [1.29, 1.82) is 0 Å². The van der Waals surface area contributed by atoms with Crippen molar-refractivity contribution in [3.63, 3.8) is 0 Å². The number of nitrogens with two attached hydrogens (primary N) is 3. The highest BCUT2D eigenvalue weighted by Crippen LogP contribution is 2.37. The number of rotatable bonds is 8. The average Bonchev–Trinajstić information content (AvgIpc) is 3.45. The van der Waals surface area contributed by atoms with Crippen molar-refractivity contribution in [3.05, 3.63) is 29.6 Å². The summed E-state index contributed by atoms with van der Waals surface area (Å²) >= 11 is 0. The van der Waals surface area contributed by atoms with Crippen molar-refractivity contribution in [2.45, 2.75) is 82.2 Å². The topological polar surface area (TPSA) is 133 Å². The van der Waals surface area contributed by atoms with E-state index in [-0.39, 0.29) is 5.92 Å². The molecule has 0 saturated heterocycles. The predicted molar refractivity (Wildman–Crippen MR) is 122 cm³/mol. The van der Waals surface area contributed by atoms with Crippen LogP contribution in [0.1, 0.15) is 87.3 Å². The summed E-state index contributed by atoms with van der Waals surface area (Å²) in [6.45, 7) is 0.928. The van der Waals surface area contributed by atoms with Crippen LogP contribution in [0.5, 0.6) is 0 Å². The van der Waals surface area contributed by atoms with Gasteiger partial charge in [0.05, 0.1) is 17.9 Å². The van der Waals surface area contributed by atoms with E-state index in [1.54, 1.807) is 0 Å². The maximum atomic E-state index is 6.44. The molecule has 30 heavy (non-hydrogen) atoms. The highest BCUT2D eigenvalue weighted by Gasteiger charge is 2.24. The molecule has 4 rings (SSSR count). The molecule has 2 aromatic rings. The van der Waals surface area contributed by atoms with Gasteiger partial charge in [0.15, 0.2) is 5.82 Å². The molecule has 2 aromatic heterocycles. The van der Waals surface area contributed by atoms with Gasteiger partial charge in [0.1, 0.15) is 5.82 Å². The number of anilines is 3. The van der Waals surface area contributed by atoms with Crippen molar-refractivity contribution >= 4 is 17.3 Å². The van der Waals surface area contributed by atoms with Gasteiger partial charge >= 0.3 is 0 Å². The van der Waals surface area contributed by atoms with E-state index < -0.39 is 0 Å². The van der Waals surface area contributed by atoms with E-state index in [1.165, 1.54) is 63.4 Å². The van der Waals surface area contributed by atoms with Crippen LogP contribution >= 0.6 is 0 Å². The Morgan fingerprint density at radius 1 is 1.07 bits per heavy atom. The first-order valence-electron chi connectivity index (χ1n) is 11.5. The SMILES string of the molecule is NNc1nc(N)cc(C(CCNC2CCCCC2)c2cnn(C3CCCC3)c2)c1N. The molecule has 0 spiro atoms. The molecule has 1 atom stereocenters. The summed E-state index contributed by atoms with van der Waals surface area (Å²) in [6.07, 6.45) is 16.7. The van der Waals surface area contributed by atoms with E-state index in [1.807, 2.05) is 12.3 Å². The summed E-state index contributed by atoms with van der Waals surface area (Å²) in [5.41, 5.74) is 17.8. The number of hydrazine groups is 1. The van der Waals surface area contributed by atoms with Crippen LogP contribution < -0.4 is 28.1 Å². The fourth-order valence-electron chi connectivity index (χ4n) is 5.14. The summed E-state index contributed by atoms with van der Waals surface area (Å²) < 4.78 is 2.15. The number of hydrogen-bond donors (Lipinski definition) is 5. The molecule has 8 N–H and O–H groups in total. The zero-order valence-electron chi connectivity index (χ0n) is 17.8. The Kier molecular flexibility index (Phi) is 6.74. The largest absolute Gasteiger partial charge is 0.395 e. The minimum atomic E-state index is 0.0913. The van der Waals surface area contributed by atoms with Gasteiger partial charge in [-0.15, -0.1) is 0 Å². The molecule has 0 radical (unpaired) electrons. The summed E-state index contributed by atoms with van der Waals surface area (Å²) in [5, 5.41) is 8.47. The molecule has 2 aliphatic rings. The Morgan fingerprint density at radius 2 is 1.80 bits per heavy atom. The lowest BCUT2D eigenvalue weighted by Gasteiger charge is -2.25. The maximum Gasteiger partial charge on any atom is 0.165 e. The van der Waals surface area contributed by atoms with Gasteiger partial charge in [-0.2, -0.15) is 5.10 Å². The molecular formula is C22H36N8. The fraction of sp³-hybridized carbons (Fsp3) is 0.636. The number of pyridine rings is 1. The number of nitrogens with zero attached hydrogens (tertiary/aromatic N) is 3. The zero-order valence-corrected chi connectivity index (χ0v) is 17.8. The Labute approximate surface area is 179 Å². The molecule has 2 aliphatic carbocycles. The van der Waals surface area contributed by atoms with E-state index in [9.17, 15) is 0 Å². The van der Waals surface area contributed by atoms with Crippen LogP contribution in [0.15, 0.2) is 18.5 Å². The van der Waals surface area contributed by atoms with Crippen LogP contribution in [-0.2, 0) is 0 Å². The van der Waals surface area contributed by atoms with E-state index in [0.29, 0.717) is 29.4 Å². The van der Waals surface area contributed by atoms with Crippen molar-refractivity contribution in [2.24, 2.45) is 5.84 Å². The molecule has 0 aliphatic heterocycles. The summed E-state index contributed by atoms with van der Waals surface area (Å²) in [5.74, 6) is 6.57. The van der Waals surface area contributed by atoms with Crippen LogP contribution in [0.25, 0.3) is 0 Å². The van der Waals surface area contributed by atoms with Crippen LogP contribution in [0.4, 0.5) is 17.3 Å². The van der Waals surface area contributed by atoms with Gasteiger partial charge in [-0.1, -0.05) is 32.1 Å². The van der Waals surface area contributed by atoms with Crippen molar-refractivity contribution in [1.82, 2.24) is 20.1 Å². The van der Waals surface area contributed by atoms with Gasteiger partial charge < -0.3 is 22.2 Å². The molecule has 0 bridgehead atoms. The second-order valence-corrected chi connectivity index (χ2v) is 8.87. The molecule has 8 heteroatoms. The molecule has 1 unspecified atom stereocenters. The van der Waals surface area contributed by atoms with Gasteiger partial charge in [0, 0.05) is 18.2 Å². The molecule has 2 heterocycles. The third-order valence-electron chi connectivity index (χ3n) is 6.82. The lowest BCUT2D eigenvalue weighted by molar-refractivity contribution is 0.370. The van der Waals surface area contributed by atoms with Gasteiger partial charge in [0.2, 0.25) is 0 Å². The number of nitrogens with one attached hydrogen (secondary N) is 2. The normalized spacial score (nSPS) is 19.2. The Balaban J connectivity index is 1.57. The summed E-state index contributed by atoms with van der Waals surface area (Å²) in [7, 11) is 0. The van der Waals surface area contributed by atoms with Crippen molar-refractivity contribution in [2.75, 3.05) is 23.4 Å². The molecule has 0 amide bonds. The minimum Gasteiger partial charge on any atom is -0.395 e. The van der Waals surface area contributed by atoms with Crippen LogP contribution in [0.3, 0.4) is 0 Å². The van der Waals surface area contributed by atoms with Crippen LogP contribution in [0, 0.1) is 0 Å². The molecule has 164 valence electrons. The first-order valence-corrected chi connectivity index (χ1v) is 11.5. The van der Waals surface area contributed by atoms with Crippen LogP contribution in [0.2, 0.25) is 0 Å². The van der Waals surface area contributed by atoms with Crippen molar-refractivity contribution in [3.8, 4) is 0 Å². The second kappa shape index (κ2) is 9.66. The highest BCUT2D eigenvalue weighted by atomic mass is 15.3. The molecule has 8 nitrogen and oxygen atoms in total. The van der Waals surface area contributed by atoms with Gasteiger partial charge in [-0.05, 0) is 55.8 Å². The van der Waals surface area contributed by atoms with Crippen LogP contribution in [-0.4, -0.2) is 27.4 Å². The molecular weight excluding hydrogens is 376 g/mol. The van der Waals surface area contributed by atoms with Crippen molar-refractivity contribution < 1.29 is 0 Å². The standard InChI is InChI=1S/C22H36N8/c23-20-12-19(21(24)22(28-20)29-25)18(10-11-26-16-6-2-1-3-7-16)15-13-27-30(14-15)17-8-4-5-9-17/h12-14,16-18,26H,1-11,24-25H2,(H3,23,28,29). The number of aromatic nitrogens is 3. The number of hydrogen-bond acceptors (Lipinski definition) is 7. The van der Waals surface area contributed by atoms with E-state index in [0.717, 1.165) is 18.5 Å². The Morgan fingerprint density at radius 3 is 2.53 bits per heavy atom. The lowest BCUT2D eigenvalue weighted by Crippen LogP contribution is -2.32. The smallest absolute Gasteiger partial charge is 0.165 e. The highest BCUT2D eigenvalue weighted by molar-refractivity contribution is 5.70. The average molecular weight is 413 g/mol. The molecule has 0 aromatic carbocycles. The summed E-state index contributed by atoms with van der Waals surface area (Å²) in [4.78, 5) is 4.23. The third-order valence-corrected chi connectivity index (χ3v) is 6.82. The summed E-state index contributed by atoms with van der Waals surface area (Å²) in [6, 6.07) is 3.02. The quantitative estimate of drug-likeness (QED) is 0.332. The van der Waals surface area contributed by atoms with Gasteiger partial charge in [0.25, 0.3) is 0 Å². The predicted octanol–water partition coefficient (Wildman–Crippen LogP) is 3.29. The monoisotopic (exact) mass is 412 g/mol. The van der Waals surface area contributed by atoms with E-state index in [4.69, 9.17) is 22.4 Å². The minimum absolute atomic E-state index is 0.0913. The number of nitrogen functional groups attached to an aromatic ring is 3. The van der Waals surface area contributed by atoms with E-state index >= 15 is 0 Å². The molecule has 2 saturated carbocycles. The maximum absolute atomic E-state index is 6.44.